The first-order chi connectivity index (χ1) is 8.08. The van der Waals surface area contributed by atoms with Gasteiger partial charge >= 0.3 is 0 Å². The lowest BCUT2D eigenvalue weighted by atomic mass is 10.1. The summed E-state index contributed by atoms with van der Waals surface area (Å²) in [6.07, 6.45) is 2.89. The van der Waals surface area contributed by atoms with Crippen LogP contribution in [0.1, 0.15) is 25.5 Å². The predicted octanol–water partition coefficient (Wildman–Crippen LogP) is 3.55. The van der Waals surface area contributed by atoms with Crippen LogP contribution in [0.25, 0.3) is 11.1 Å². The molecule has 0 spiro atoms. The molecule has 0 bridgehead atoms. The van der Waals surface area contributed by atoms with Gasteiger partial charge in [-0.15, -0.1) is 0 Å². The summed E-state index contributed by atoms with van der Waals surface area (Å²) in [7, 11) is 0. The zero-order chi connectivity index (χ0) is 12.4. The molecule has 0 fully saturated rings. The van der Waals surface area contributed by atoms with E-state index in [9.17, 15) is 8.78 Å². The highest BCUT2D eigenvalue weighted by Gasteiger charge is 2.10. The molecule has 0 atom stereocenters. The second-order valence-electron chi connectivity index (χ2n) is 4.11. The van der Waals surface area contributed by atoms with E-state index in [1.165, 1.54) is 18.3 Å². The van der Waals surface area contributed by atoms with Crippen LogP contribution >= 0.6 is 0 Å². The van der Waals surface area contributed by atoms with Gasteiger partial charge in [0.05, 0.1) is 5.69 Å². The van der Waals surface area contributed by atoms with E-state index in [4.69, 9.17) is 0 Å². The van der Waals surface area contributed by atoms with E-state index in [2.05, 4.69) is 9.97 Å². The minimum Gasteiger partial charge on any atom is -0.257 e. The fourth-order valence-corrected chi connectivity index (χ4v) is 1.61. The Kier molecular flexibility index (Phi) is 3.13. The van der Waals surface area contributed by atoms with Gasteiger partial charge < -0.3 is 0 Å². The van der Waals surface area contributed by atoms with E-state index in [1.54, 1.807) is 12.3 Å². The molecule has 2 rings (SSSR count). The number of nitrogens with zero attached hydrogens (tertiary/aromatic N) is 2. The standard InChI is InChI=1S/C13H12F2N2/c1-8(2)13-11(14)5-10(7-17-13)9-3-4-16-12(15)6-9/h3-8H,1-2H3. The average Bonchev–Trinajstić information content (AvgIpc) is 2.28. The van der Waals surface area contributed by atoms with Crippen LogP contribution < -0.4 is 0 Å². The average molecular weight is 234 g/mol. The topological polar surface area (TPSA) is 25.8 Å². The lowest BCUT2D eigenvalue weighted by Gasteiger charge is -2.07. The van der Waals surface area contributed by atoms with Crippen molar-refractivity contribution in [1.82, 2.24) is 9.97 Å². The van der Waals surface area contributed by atoms with Crippen LogP contribution in [0.5, 0.6) is 0 Å². The molecule has 0 radical (unpaired) electrons. The van der Waals surface area contributed by atoms with Crippen LogP contribution in [-0.4, -0.2) is 9.97 Å². The zero-order valence-electron chi connectivity index (χ0n) is 9.61. The van der Waals surface area contributed by atoms with Crippen molar-refractivity contribution in [2.24, 2.45) is 0 Å². The molecule has 0 aromatic carbocycles. The van der Waals surface area contributed by atoms with E-state index >= 15 is 0 Å². The Morgan fingerprint density at radius 3 is 2.41 bits per heavy atom. The molecule has 0 aliphatic carbocycles. The van der Waals surface area contributed by atoms with Gasteiger partial charge in [-0.05, 0) is 23.6 Å². The summed E-state index contributed by atoms with van der Waals surface area (Å²) in [6.45, 7) is 3.74. The third-order valence-electron chi connectivity index (χ3n) is 2.48. The summed E-state index contributed by atoms with van der Waals surface area (Å²) in [5.41, 5.74) is 1.54. The van der Waals surface area contributed by atoms with Crippen molar-refractivity contribution in [3.8, 4) is 11.1 Å². The van der Waals surface area contributed by atoms with Gasteiger partial charge in [-0.2, -0.15) is 4.39 Å². The Morgan fingerprint density at radius 1 is 1.06 bits per heavy atom. The molecule has 0 unspecified atom stereocenters. The van der Waals surface area contributed by atoms with Crippen LogP contribution in [0.3, 0.4) is 0 Å². The summed E-state index contributed by atoms with van der Waals surface area (Å²) in [5, 5.41) is 0. The summed E-state index contributed by atoms with van der Waals surface area (Å²) in [4.78, 5) is 7.52. The highest BCUT2D eigenvalue weighted by Crippen LogP contribution is 2.23. The summed E-state index contributed by atoms with van der Waals surface area (Å²) >= 11 is 0. The van der Waals surface area contributed by atoms with Crippen LogP contribution in [0.4, 0.5) is 8.78 Å². The lowest BCUT2D eigenvalue weighted by molar-refractivity contribution is 0.582. The normalized spacial score (nSPS) is 10.9. The first-order valence-electron chi connectivity index (χ1n) is 5.35. The number of pyridine rings is 2. The van der Waals surface area contributed by atoms with Crippen molar-refractivity contribution >= 4 is 0 Å². The maximum Gasteiger partial charge on any atom is 0.213 e. The Balaban J connectivity index is 2.44. The van der Waals surface area contributed by atoms with Crippen molar-refractivity contribution in [1.29, 1.82) is 0 Å². The van der Waals surface area contributed by atoms with Crippen molar-refractivity contribution in [2.75, 3.05) is 0 Å². The van der Waals surface area contributed by atoms with Gasteiger partial charge in [0.2, 0.25) is 5.95 Å². The Hall–Kier alpha value is -1.84. The maximum atomic E-state index is 13.7. The smallest absolute Gasteiger partial charge is 0.213 e. The first-order valence-corrected chi connectivity index (χ1v) is 5.35. The number of rotatable bonds is 2. The summed E-state index contributed by atoms with van der Waals surface area (Å²) < 4.78 is 26.7. The van der Waals surface area contributed by atoms with E-state index in [0.717, 1.165) is 0 Å². The molecule has 88 valence electrons. The molecule has 17 heavy (non-hydrogen) atoms. The van der Waals surface area contributed by atoms with Crippen molar-refractivity contribution in [2.45, 2.75) is 19.8 Å². The quantitative estimate of drug-likeness (QED) is 0.743. The van der Waals surface area contributed by atoms with E-state index in [-0.39, 0.29) is 11.7 Å². The zero-order valence-corrected chi connectivity index (χ0v) is 9.61. The Morgan fingerprint density at radius 2 is 1.82 bits per heavy atom. The number of hydrogen-bond donors (Lipinski definition) is 0. The molecule has 0 N–H and O–H groups in total. The summed E-state index contributed by atoms with van der Waals surface area (Å²) in [5.74, 6) is -0.927. The van der Waals surface area contributed by atoms with Crippen LogP contribution in [0.15, 0.2) is 30.6 Å². The summed E-state index contributed by atoms with van der Waals surface area (Å²) in [6, 6.07) is 4.25. The second-order valence-corrected chi connectivity index (χ2v) is 4.11. The van der Waals surface area contributed by atoms with Gasteiger partial charge in [-0.1, -0.05) is 13.8 Å². The van der Waals surface area contributed by atoms with E-state index in [0.29, 0.717) is 16.8 Å². The third-order valence-corrected chi connectivity index (χ3v) is 2.48. The van der Waals surface area contributed by atoms with Crippen LogP contribution in [0.2, 0.25) is 0 Å². The van der Waals surface area contributed by atoms with Gasteiger partial charge in [0.25, 0.3) is 0 Å². The van der Waals surface area contributed by atoms with Gasteiger partial charge in [0.1, 0.15) is 5.82 Å². The largest absolute Gasteiger partial charge is 0.257 e. The minimum atomic E-state index is -0.587. The molecular formula is C13H12F2N2. The number of halogens is 2. The van der Waals surface area contributed by atoms with Crippen LogP contribution in [-0.2, 0) is 0 Å². The van der Waals surface area contributed by atoms with E-state index < -0.39 is 5.95 Å². The molecule has 2 nitrogen and oxygen atoms in total. The second kappa shape index (κ2) is 4.57. The molecule has 4 heteroatoms. The molecule has 0 aliphatic rings. The highest BCUT2D eigenvalue weighted by atomic mass is 19.1. The molecule has 0 amide bonds. The van der Waals surface area contributed by atoms with E-state index in [1.807, 2.05) is 13.8 Å². The van der Waals surface area contributed by atoms with Gasteiger partial charge in [-0.3, -0.25) is 4.98 Å². The van der Waals surface area contributed by atoms with Gasteiger partial charge in [0, 0.05) is 24.0 Å². The fraction of sp³-hybridized carbons (Fsp3) is 0.231. The monoisotopic (exact) mass is 234 g/mol. The van der Waals surface area contributed by atoms with Crippen LogP contribution in [0, 0.1) is 11.8 Å². The molecule has 0 saturated carbocycles. The van der Waals surface area contributed by atoms with Crippen molar-refractivity contribution in [3.05, 3.63) is 48.1 Å². The SMILES string of the molecule is CC(C)c1ncc(-c2ccnc(F)c2)cc1F. The third kappa shape index (κ3) is 2.46. The maximum absolute atomic E-state index is 13.7. The Bertz CT molecular complexity index is 539. The molecule has 2 heterocycles. The Labute approximate surface area is 98.4 Å². The number of hydrogen-bond acceptors (Lipinski definition) is 2. The molecular weight excluding hydrogens is 222 g/mol. The van der Waals surface area contributed by atoms with Crippen molar-refractivity contribution in [3.63, 3.8) is 0 Å². The molecule has 2 aromatic heterocycles. The highest BCUT2D eigenvalue weighted by molar-refractivity contribution is 5.61. The lowest BCUT2D eigenvalue weighted by Crippen LogP contribution is -1.98. The van der Waals surface area contributed by atoms with Gasteiger partial charge in [0.15, 0.2) is 0 Å². The van der Waals surface area contributed by atoms with Crippen molar-refractivity contribution < 1.29 is 8.78 Å². The predicted molar refractivity (Wildman–Crippen MR) is 61.5 cm³/mol. The fourth-order valence-electron chi connectivity index (χ4n) is 1.61. The van der Waals surface area contributed by atoms with Gasteiger partial charge in [-0.25, -0.2) is 9.37 Å². The molecule has 0 aliphatic heterocycles. The molecule has 2 aromatic rings. The minimum absolute atomic E-state index is 0.0261. The number of aromatic nitrogens is 2. The molecule has 0 saturated heterocycles. The first kappa shape index (κ1) is 11.6.